The summed E-state index contributed by atoms with van der Waals surface area (Å²) < 4.78 is 0. The van der Waals surface area contributed by atoms with Gasteiger partial charge in [-0.25, -0.2) is 4.98 Å². The molecule has 0 fully saturated rings. The Morgan fingerprint density at radius 1 is 1.53 bits per heavy atom. The third-order valence-corrected chi connectivity index (χ3v) is 2.86. The van der Waals surface area contributed by atoms with Crippen LogP contribution in [0.2, 0.25) is 5.02 Å². The zero-order valence-electron chi connectivity index (χ0n) is 7.90. The van der Waals surface area contributed by atoms with Crippen LogP contribution in [0.3, 0.4) is 0 Å². The summed E-state index contributed by atoms with van der Waals surface area (Å²) in [6.07, 6.45) is 1.58. The smallest absolute Gasteiger partial charge is 0.149 e. The molecule has 2 heterocycles. The van der Waals surface area contributed by atoms with Gasteiger partial charge in [-0.05, 0) is 28.5 Å². The molecule has 0 saturated carbocycles. The lowest BCUT2D eigenvalue weighted by Crippen LogP contribution is -2.03. The van der Waals surface area contributed by atoms with E-state index in [0.29, 0.717) is 16.5 Å². The average Bonchev–Trinajstić information content (AvgIpc) is 2.69. The van der Waals surface area contributed by atoms with Gasteiger partial charge in [0.25, 0.3) is 0 Å². The van der Waals surface area contributed by atoms with Crippen molar-refractivity contribution in [1.82, 2.24) is 4.98 Å². The van der Waals surface area contributed by atoms with E-state index in [0.717, 1.165) is 6.54 Å². The van der Waals surface area contributed by atoms with Crippen LogP contribution in [0.15, 0.2) is 29.1 Å². The van der Waals surface area contributed by atoms with Crippen molar-refractivity contribution >= 4 is 34.4 Å². The fourth-order valence-corrected chi connectivity index (χ4v) is 2.02. The maximum Gasteiger partial charge on any atom is 0.149 e. The van der Waals surface area contributed by atoms with E-state index >= 15 is 0 Å². The van der Waals surface area contributed by atoms with Crippen molar-refractivity contribution in [2.24, 2.45) is 0 Å². The average molecular weight is 240 g/mol. The van der Waals surface area contributed by atoms with Crippen molar-refractivity contribution in [2.75, 3.05) is 11.1 Å². The van der Waals surface area contributed by atoms with E-state index in [-0.39, 0.29) is 0 Å². The maximum absolute atomic E-state index is 5.75. The standard InChI is InChI=1S/C10H10ClN3S/c11-8-3-9(12)10(14-5-8)13-4-7-1-2-15-6-7/h1-3,5-6H,4,12H2,(H,13,14). The van der Waals surface area contributed by atoms with E-state index < -0.39 is 0 Å². The lowest BCUT2D eigenvalue weighted by molar-refractivity contribution is 1.12. The first kappa shape index (κ1) is 10.3. The molecule has 2 rings (SSSR count). The Bertz CT molecular complexity index is 442. The van der Waals surface area contributed by atoms with Crippen LogP contribution in [-0.2, 0) is 6.54 Å². The third-order valence-electron chi connectivity index (χ3n) is 1.92. The minimum Gasteiger partial charge on any atom is -0.396 e. The molecule has 0 spiro atoms. The monoisotopic (exact) mass is 239 g/mol. The Labute approximate surface area is 96.9 Å². The van der Waals surface area contributed by atoms with Gasteiger partial charge in [-0.2, -0.15) is 11.3 Å². The van der Waals surface area contributed by atoms with Crippen LogP contribution in [0.5, 0.6) is 0 Å². The highest BCUT2D eigenvalue weighted by Gasteiger charge is 2.01. The van der Waals surface area contributed by atoms with Crippen molar-refractivity contribution < 1.29 is 0 Å². The molecule has 78 valence electrons. The van der Waals surface area contributed by atoms with E-state index in [1.54, 1.807) is 23.6 Å². The fraction of sp³-hybridized carbons (Fsp3) is 0.100. The highest BCUT2D eigenvalue weighted by atomic mass is 35.5. The van der Waals surface area contributed by atoms with Crippen molar-refractivity contribution in [2.45, 2.75) is 6.54 Å². The number of rotatable bonds is 3. The van der Waals surface area contributed by atoms with E-state index in [2.05, 4.69) is 21.7 Å². The van der Waals surface area contributed by atoms with Crippen LogP contribution >= 0.6 is 22.9 Å². The number of nitrogens with one attached hydrogen (secondary N) is 1. The Kier molecular flexibility index (Phi) is 3.08. The van der Waals surface area contributed by atoms with Gasteiger partial charge in [-0.3, -0.25) is 0 Å². The maximum atomic E-state index is 5.75. The van der Waals surface area contributed by atoms with E-state index in [9.17, 15) is 0 Å². The molecule has 0 amide bonds. The molecular formula is C10H10ClN3S. The number of hydrogen-bond donors (Lipinski definition) is 2. The minimum absolute atomic E-state index is 0.550. The second kappa shape index (κ2) is 4.51. The summed E-state index contributed by atoms with van der Waals surface area (Å²) in [5.74, 6) is 0.672. The predicted molar refractivity (Wildman–Crippen MR) is 65.3 cm³/mol. The first-order valence-corrected chi connectivity index (χ1v) is 5.74. The van der Waals surface area contributed by atoms with Crippen molar-refractivity contribution in [3.63, 3.8) is 0 Å². The van der Waals surface area contributed by atoms with Crippen molar-refractivity contribution in [1.29, 1.82) is 0 Å². The SMILES string of the molecule is Nc1cc(Cl)cnc1NCc1ccsc1. The molecule has 0 atom stereocenters. The lowest BCUT2D eigenvalue weighted by Gasteiger charge is -2.06. The number of nitrogens with zero attached hydrogens (tertiary/aromatic N) is 1. The number of halogens is 1. The molecule has 3 N–H and O–H groups in total. The quantitative estimate of drug-likeness (QED) is 0.866. The summed E-state index contributed by atoms with van der Waals surface area (Å²) >= 11 is 7.42. The summed E-state index contributed by atoms with van der Waals surface area (Å²) in [7, 11) is 0. The molecule has 0 saturated heterocycles. The van der Waals surface area contributed by atoms with Crippen LogP contribution in [-0.4, -0.2) is 4.98 Å². The van der Waals surface area contributed by atoms with E-state index in [1.165, 1.54) is 5.56 Å². The normalized spacial score (nSPS) is 10.2. The first-order chi connectivity index (χ1) is 7.25. The summed E-state index contributed by atoms with van der Waals surface area (Å²) in [6, 6.07) is 3.74. The summed E-state index contributed by atoms with van der Waals surface area (Å²) in [5, 5.41) is 7.82. The Hall–Kier alpha value is -1.26. The molecule has 0 aliphatic carbocycles. The second-order valence-electron chi connectivity index (χ2n) is 3.08. The summed E-state index contributed by atoms with van der Waals surface area (Å²) in [5.41, 5.74) is 7.54. The van der Waals surface area contributed by atoms with Crippen LogP contribution in [0.1, 0.15) is 5.56 Å². The highest BCUT2D eigenvalue weighted by Crippen LogP contribution is 2.20. The number of pyridine rings is 1. The molecule has 5 heteroatoms. The molecule has 3 nitrogen and oxygen atoms in total. The molecule has 0 aliphatic heterocycles. The molecule has 0 aliphatic rings. The highest BCUT2D eigenvalue weighted by molar-refractivity contribution is 7.07. The second-order valence-corrected chi connectivity index (χ2v) is 4.29. The largest absolute Gasteiger partial charge is 0.396 e. The van der Waals surface area contributed by atoms with Crippen LogP contribution < -0.4 is 11.1 Å². The number of nitrogen functional groups attached to an aromatic ring is 1. The molecule has 0 radical (unpaired) electrons. The topological polar surface area (TPSA) is 50.9 Å². The first-order valence-electron chi connectivity index (χ1n) is 4.41. The zero-order valence-corrected chi connectivity index (χ0v) is 9.48. The number of nitrogens with two attached hydrogens (primary N) is 1. The predicted octanol–water partition coefficient (Wildman–Crippen LogP) is 2.99. The number of hydrogen-bond acceptors (Lipinski definition) is 4. The van der Waals surface area contributed by atoms with Gasteiger partial charge in [0.15, 0.2) is 0 Å². The van der Waals surface area contributed by atoms with E-state index in [4.69, 9.17) is 17.3 Å². The Morgan fingerprint density at radius 2 is 2.40 bits per heavy atom. The molecule has 0 bridgehead atoms. The number of aromatic nitrogens is 1. The molecule has 0 unspecified atom stereocenters. The van der Waals surface area contributed by atoms with Gasteiger partial charge >= 0.3 is 0 Å². The van der Waals surface area contributed by atoms with Gasteiger partial charge in [0, 0.05) is 12.7 Å². The molecular weight excluding hydrogens is 230 g/mol. The third kappa shape index (κ3) is 2.61. The van der Waals surface area contributed by atoms with Crippen LogP contribution in [0.4, 0.5) is 11.5 Å². The lowest BCUT2D eigenvalue weighted by atomic mass is 10.3. The van der Waals surface area contributed by atoms with Gasteiger partial charge in [0.2, 0.25) is 0 Å². The van der Waals surface area contributed by atoms with Crippen molar-refractivity contribution in [3.05, 3.63) is 39.7 Å². The van der Waals surface area contributed by atoms with Crippen LogP contribution in [0.25, 0.3) is 0 Å². The Balaban J connectivity index is 2.05. The summed E-state index contributed by atoms with van der Waals surface area (Å²) in [6.45, 7) is 0.725. The van der Waals surface area contributed by atoms with Gasteiger partial charge in [-0.15, -0.1) is 0 Å². The molecule has 2 aromatic heterocycles. The van der Waals surface area contributed by atoms with Crippen LogP contribution in [0, 0.1) is 0 Å². The zero-order chi connectivity index (χ0) is 10.7. The minimum atomic E-state index is 0.550. The van der Waals surface area contributed by atoms with Gasteiger partial charge in [0.1, 0.15) is 5.82 Å². The number of anilines is 2. The summed E-state index contributed by atoms with van der Waals surface area (Å²) in [4.78, 5) is 4.11. The number of thiophene rings is 1. The van der Waals surface area contributed by atoms with Crippen molar-refractivity contribution in [3.8, 4) is 0 Å². The molecule has 2 aromatic rings. The fourth-order valence-electron chi connectivity index (χ4n) is 1.18. The van der Waals surface area contributed by atoms with E-state index in [1.807, 2.05) is 5.38 Å². The molecule has 0 aromatic carbocycles. The van der Waals surface area contributed by atoms with Gasteiger partial charge in [-0.1, -0.05) is 11.6 Å². The van der Waals surface area contributed by atoms with Gasteiger partial charge < -0.3 is 11.1 Å². The Morgan fingerprint density at radius 3 is 3.07 bits per heavy atom. The molecule has 15 heavy (non-hydrogen) atoms. The van der Waals surface area contributed by atoms with Gasteiger partial charge in [0.05, 0.1) is 10.7 Å².